The summed E-state index contributed by atoms with van der Waals surface area (Å²) in [6.07, 6.45) is 1.36. The second-order valence-corrected chi connectivity index (χ2v) is 4.44. The van der Waals surface area contributed by atoms with Gasteiger partial charge in [-0.15, -0.1) is 0 Å². The van der Waals surface area contributed by atoms with E-state index >= 15 is 0 Å². The van der Waals surface area contributed by atoms with Crippen molar-refractivity contribution in [1.82, 2.24) is 10.3 Å². The molecule has 1 aromatic carbocycles. The Kier molecular flexibility index (Phi) is 4.50. The van der Waals surface area contributed by atoms with E-state index in [1.807, 2.05) is 37.3 Å². The van der Waals surface area contributed by atoms with Crippen molar-refractivity contribution in [3.63, 3.8) is 0 Å². The van der Waals surface area contributed by atoms with Crippen LogP contribution in [0.15, 0.2) is 48.7 Å². The first-order valence-corrected chi connectivity index (χ1v) is 6.38. The molecule has 21 heavy (non-hydrogen) atoms. The lowest BCUT2D eigenvalue weighted by molar-refractivity contribution is 0.0692. The van der Waals surface area contributed by atoms with Crippen LogP contribution in [0, 0.1) is 0 Å². The minimum Gasteiger partial charge on any atom is -0.476 e. The summed E-state index contributed by atoms with van der Waals surface area (Å²) in [5.41, 5.74) is 0.917. The molecular formula is C15H15N3O3. The molecule has 0 aliphatic rings. The van der Waals surface area contributed by atoms with Gasteiger partial charge in [0.1, 0.15) is 0 Å². The Labute approximate surface area is 121 Å². The fourth-order valence-electron chi connectivity index (χ4n) is 1.86. The van der Waals surface area contributed by atoms with Crippen molar-refractivity contribution in [2.24, 2.45) is 0 Å². The van der Waals surface area contributed by atoms with Gasteiger partial charge < -0.3 is 15.7 Å². The Hall–Kier alpha value is -2.89. The molecule has 6 nitrogen and oxygen atoms in total. The molecule has 2 aromatic rings. The van der Waals surface area contributed by atoms with E-state index in [0.717, 1.165) is 5.56 Å². The number of carboxylic acid groups (broad SMARTS) is 1. The SMILES string of the molecule is CC(NC(=O)Nc1cccnc1C(=O)O)c1ccccc1. The summed E-state index contributed by atoms with van der Waals surface area (Å²) >= 11 is 0. The van der Waals surface area contributed by atoms with Gasteiger partial charge in [-0.1, -0.05) is 30.3 Å². The van der Waals surface area contributed by atoms with Gasteiger partial charge in [0.05, 0.1) is 11.7 Å². The van der Waals surface area contributed by atoms with Crippen LogP contribution >= 0.6 is 0 Å². The smallest absolute Gasteiger partial charge is 0.356 e. The second kappa shape index (κ2) is 6.51. The van der Waals surface area contributed by atoms with Gasteiger partial charge in [0.15, 0.2) is 5.69 Å². The number of carbonyl (C=O) groups excluding carboxylic acids is 1. The lowest BCUT2D eigenvalue weighted by atomic mass is 10.1. The predicted octanol–water partition coefficient (Wildman–Crippen LogP) is 2.66. The number of carboxylic acids is 1. The molecule has 1 unspecified atom stereocenters. The first-order chi connectivity index (χ1) is 10.1. The Bertz CT molecular complexity index is 644. The van der Waals surface area contributed by atoms with Crippen LogP contribution in [0.4, 0.5) is 10.5 Å². The van der Waals surface area contributed by atoms with Crippen LogP contribution in [0.1, 0.15) is 29.0 Å². The number of hydrogen-bond donors (Lipinski definition) is 3. The number of aromatic nitrogens is 1. The third-order valence-corrected chi connectivity index (χ3v) is 2.91. The maximum Gasteiger partial charge on any atom is 0.356 e. The molecule has 0 aliphatic heterocycles. The number of anilines is 1. The fraction of sp³-hybridized carbons (Fsp3) is 0.133. The number of rotatable bonds is 4. The summed E-state index contributed by atoms with van der Waals surface area (Å²) in [6, 6.07) is 11.8. The van der Waals surface area contributed by atoms with Crippen molar-refractivity contribution in [2.45, 2.75) is 13.0 Å². The summed E-state index contributed by atoms with van der Waals surface area (Å²) < 4.78 is 0. The summed E-state index contributed by atoms with van der Waals surface area (Å²) in [5.74, 6) is -1.19. The van der Waals surface area contributed by atoms with Crippen molar-refractivity contribution >= 4 is 17.7 Å². The summed E-state index contributed by atoms with van der Waals surface area (Å²) in [5, 5.41) is 14.2. The van der Waals surface area contributed by atoms with Crippen LogP contribution in [0.3, 0.4) is 0 Å². The number of nitrogens with zero attached hydrogens (tertiary/aromatic N) is 1. The van der Waals surface area contributed by atoms with Crippen molar-refractivity contribution in [3.05, 3.63) is 59.9 Å². The zero-order valence-electron chi connectivity index (χ0n) is 11.4. The summed E-state index contributed by atoms with van der Waals surface area (Å²) in [4.78, 5) is 26.7. The average molecular weight is 285 g/mol. The molecule has 6 heteroatoms. The van der Waals surface area contributed by atoms with Crippen molar-refractivity contribution in [1.29, 1.82) is 0 Å². The van der Waals surface area contributed by atoms with E-state index < -0.39 is 12.0 Å². The highest BCUT2D eigenvalue weighted by atomic mass is 16.4. The topological polar surface area (TPSA) is 91.3 Å². The molecule has 0 saturated heterocycles. The minimum absolute atomic E-state index is 0.155. The van der Waals surface area contributed by atoms with Crippen molar-refractivity contribution in [2.75, 3.05) is 5.32 Å². The summed E-state index contributed by atoms with van der Waals surface area (Å²) in [7, 11) is 0. The minimum atomic E-state index is -1.19. The average Bonchev–Trinajstić information content (AvgIpc) is 2.48. The lowest BCUT2D eigenvalue weighted by Crippen LogP contribution is -2.31. The highest BCUT2D eigenvalue weighted by Gasteiger charge is 2.14. The number of benzene rings is 1. The second-order valence-electron chi connectivity index (χ2n) is 4.44. The molecule has 2 rings (SSSR count). The van der Waals surface area contributed by atoms with E-state index in [1.165, 1.54) is 12.3 Å². The van der Waals surface area contributed by atoms with Crippen LogP contribution in [0.25, 0.3) is 0 Å². The molecule has 0 fully saturated rings. The number of nitrogens with one attached hydrogen (secondary N) is 2. The molecule has 0 radical (unpaired) electrons. The molecule has 0 bridgehead atoms. The highest BCUT2D eigenvalue weighted by molar-refractivity contribution is 5.98. The number of amides is 2. The molecule has 108 valence electrons. The van der Waals surface area contributed by atoms with Crippen LogP contribution in [0.5, 0.6) is 0 Å². The summed E-state index contributed by atoms with van der Waals surface area (Å²) in [6.45, 7) is 1.84. The quantitative estimate of drug-likeness (QED) is 0.805. The fourth-order valence-corrected chi connectivity index (χ4v) is 1.86. The van der Waals surface area contributed by atoms with E-state index in [-0.39, 0.29) is 17.4 Å². The molecule has 3 N–H and O–H groups in total. The number of urea groups is 1. The van der Waals surface area contributed by atoms with E-state index in [9.17, 15) is 9.59 Å². The Morgan fingerprint density at radius 3 is 2.52 bits per heavy atom. The van der Waals surface area contributed by atoms with Crippen LogP contribution < -0.4 is 10.6 Å². The van der Waals surface area contributed by atoms with Gasteiger partial charge in [-0.25, -0.2) is 14.6 Å². The maximum atomic E-state index is 11.9. The molecular weight excluding hydrogens is 270 g/mol. The van der Waals surface area contributed by atoms with E-state index in [4.69, 9.17) is 5.11 Å². The molecule has 0 spiro atoms. The molecule has 1 atom stereocenters. The molecule has 1 aromatic heterocycles. The highest BCUT2D eigenvalue weighted by Crippen LogP contribution is 2.14. The van der Waals surface area contributed by atoms with Gasteiger partial charge in [0.25, 0.3) is 0 Å². The predicted molar refractivity (Wildman–Crippen MR) is 78.2 cm³/mol. The van der Waals surface area contributed by atoms with Crippen molar-refractivity contribution < 1.29 is 14.7 Å². The molecule has 1 heterocycles. The van der Waals surface area contributed by atoms with E-state index in [2.05, 4.69) is 15.6 Å². The Balaban J connectivity index is 2.04. The van der Waals surface area contributed by atoms with Gasteiger partial charge in [-0.2, -0.15) is 0 Å². The van der Waals surface area contributed by atoms with E-state index in [0.29, 0.717) is 0 Å². The van der Waals surface area contributed by atoms with Gasteiger partial charge in [0, 0.05) is 6.20 Å². The normalized spacial score (nSPS) is 11.5. The first-order valence-electron chi connectivity index (χ1n) is 6.38. The van der Waals surface area contributed by atoms with Crippen LogP contribution in [-0.4, -0.2) is 22.1 Å². The number of hydrogen-bond acceptors (Lipinski definition) is 3. The zero-order valence-corrected chi connectivity index (χ0v) is 11.4. The number of carbonyl (C=O) groups is 2. The maximum absolute atomic E-state index is 11.9. The van der Waals surface area contributed by atoms with E-state index in [1.54, 1.807) is 6.07 Å². The Morgan fingerprint density at radius 1 is 1.14 bits per heavy atom. The van der Waals surface area contributed by atoms with Crippen molar-refractivity contribution in [3.8, 4) is 0 Å². The van der Waals surface area contributed by atoms with Crippen LogP contribution in [0.2, 0.25) is 0 Å². The van der Waals surface area contributed by atoms with Crippen LogP contribution in [-0.2, 0) is 0 Å². The number of pyridine rings is 1. The standard InChI is InChI=1S/C15H15N3O3/c1-10(11-6-3-2-4-7-11)17-15(21)18-12-8-5-9-16-13(12)14(19)20/h2-10H,1H3,(H,19,20)(H2,17,18,21). The Morgan fingerprint density at radius 2 is 1.86 bits per heavy atom. The molecule has 0 saturated carbocycles. The first kappa shape index (κ1) is 14.5. The van der Waals surface area contributed by atoms with Gasteiger partial charge >= 0.3 is 12.0 Å². The molecule has 2 amide bonds. The van der Waals surface area contributed by atoms with Gasteiger partial charge in [0.2, 0.25) is 0 Å². The third-order valence-electron chi connectivity index (χ3n) is 2.91. The molecule has 0 aliphatic carbocycles. The van der Waals surface area contributed by atoms with Gasteiger partial charge in [-0.05, 0) is 24.6 Å². The number of aromatic carboxylic acids is 1. The lowest BCUT2D eigenvalue weighted by Gasteiger charge is -2.15. The third kappa shape index (κ3) is 3.79. The largest absolute Gasteiger partial charge is 0.476 e. The van der Waals surface area contributed by atoms with Gasteiger partial charge in [-0.3, -0.25) is 0 Å². The monoisotopic (exact) mass is 285 g/mol. The zero-order chi connectivity index (χ0) is 15.2.